The van der Waals surface area contributed by atoms with Crippen LogP contribution in [0, 0.1) is 0 Å². The first-order valence-electron chi connectivity index (χ1n) is 3.63. The number of carbonyl (C=O) groups is 1. The van der Waals surface area contributed by atoms with Gasteiger partial charge in [-0.3, -0.25) is 4.79 Å². The highest BCUT2D eigenvalue weighted by Gasteiger charge is 2.19. The monoisotopic (exact) mass is 156 g/mol. The SMILES string of the molecule is CNC(=O)C1CCOC(C)=N1. The molecule has 62 valence electrons. The molecule has 0 aromatic rings. The Kier molecular flexibility index (Phi) is 2.46. The second-order valence-corrected chi connectivity index (χ2v) is 2.42. The molecule has 1 rings (SSSR count). The molecule has 0 aromatic heterocycles. The third kappa shape index (κ3) is 1.93. The molecule has 11 heavy (non-hydrogen) atoms. The van der Waals surface area contributed by atoms with E-state index >= 15 is 0 Å². The first-order chi connectivity index (χ1) is 5.24. The summed E-state index contributed by atoms with van der Waals surface area (Å²) < 4.78 is 5.07. The minimum atomic E-state index is -0.242. The first-order valence-corrected chi connectivity index (χ1v) is 3.63. The van der Waals surface area contributed by atoms with E-state index in [2.05, 4.69) is 10.3 Å². The van der Waals surface area contributed by atoms with E-state index in [1.54, 1.807) is 14.0 Å². The Labute approximate surface area is 65.6 Å². The number of nitrogens with one attached hydrogen (secondary N) is 1. The zero-order chi connectivity index (χ0) is 8.27. The fourth-order valence-electron chi connectivity index (χ4n) is 0.996. The maximum Gasteiger partial charge on any atom is 0.244 e. The van der Waals surface area contributed by atoms with Gasteiger partial charge in [0.05, 0.1) is 6.61 Å². The lowest BCUT2D eigenvalue weighted by atomic mass is 10.2. The van der Waals surface area contributed by atoms with Crippen LogP contribution in [0.25, 0.3) is 0 Å². The van der Waals surface area contributed by atoms with Crippen molar-refractivity contribution in [2.45, 2.75) is 19.4 Å². The molecule has 1 unspecified atom stereocenters. The molecule has 0 radical (unpaired) electrons. The van der Waals surface area contributed by atoms with Crippen LogP contribution in [0.1, 0.15) is 13.3 Å². The zero-order valence-corrected chi connectivity index (χ0v) is 6.76. The molecule has 0 spiro atoms. The molecule has 0 fully saturated rings. The topological polar surface area (TPSA) is 50.7 Å². The molecule has 1 aliphatic rings. The number of amides is 1. The highest BCUT2D eigenvalue weighted by Crippen LogP contribution is 2.06. The molecule has 1 aliphatic heterocycles. The Balaban J connectivity index is 2.59. The van der Waals surface area contributed by atoms with E-state index in [1.807, 2.05) is 0 Å². The van der Waals surface area contributed by atoms with Crippen molar-refractivity contribution in [1.82, 2.24) is 5.32 Å². The first kappa shape index (κ1) is 8.04. The van der Waals surface area contributed by atoms with Gasteiger partial charge in [-0.15, -0.1) is 0 Å². The van der Waals surface area contributed by atoms with Crippen molar-refractivity contribution in [2.75, 3.05) is 13.7 Å². The Bertz CT molecular complexity index is 189. The van der Waals surface area contributed by atoms with E-state index in [4.69, 9.17) is 4.74 Å². The van der Waals surface area contributed by atoms with Crippen LogP contribution in [0.3, 0.4) is 0 Å². The average molecular weight is 156 g/mol. The van der Waals surface area contributed by atoms with Crippen molar-refractivity contribution in [2.24, 2.45) is 4.99 Å². The van der Waals surface area contributed by atoms with E-state index in [9.17, 15) is 4.79 Å². The minimum Gasteiger partial charge on any atom is -0.481 e. The molecule has 4 nitrogen and oxygen atoms in total. The lowest BCUT2D eigenvalue weighted by molar-refractivity contribution is -0.122. The van der Waals surface area contributed by atoms with Crippen molar-refractivity contribution in [3.8, 4) is 0 Å². The molecule has 1 heterocycles. The van der Waals surface area contributed by atoms with Gasteiger partial charge in [-0.1, -0.05) is 0 Å². The van der Waals surface area contributed by atoms with Gasteiger partial charge < -0.3 is 10.1 Å². The van der Waals surface area contributed by atoms with Crippen LogP contribution in [-0.4, -0.2) is 31.5 Å². The van der Waals surface area contributed by atoms with Crippen molar-refractivity contribution in [1.29, 1.82) is 0 Å². The third-order valence-corrected chi connectivity index (χ3v) is 1.59. The Hall–Kier alpha value is -1.06. The zero-order valence-electron chi connectivity index (χ0n) is 6.76. The van der Waals surface area contributed by atoms with E-state index < -0.39 is 0 Å². The average Bonchev–Trinajstić information content (AvgIpc) is 2.03. The number of carbonyl (C=O) groups excluding carboxylic acids is 1. The Morgan fingerprint density at radius 2 is 2.55 bits per heavy atom. The van der Waals surface area contributed by atoms with Crippen LogP contribution in [0.5, 0.6) is 0 Å². The number of nitrogens with zero attached hydrogens (tertiary/aromatic N) is 1. The molecule has 1 atom stereocenters. The number of ether oxygens (including phenoxy) is 1. The van der Waals surface area contributed by atoms with Gasteiger partial charge in [-0.25, -0.2) is 4.99 Å². The van der Waals surface area contributed by atoms with Crippen LogP contribution in [-0.2, 0) is 9.53 Å². The van der Waals surface area contributed by atoms with Gasteiger partial charge in [0.1, 0.15) is 6.04 Å². The van der Waals surface area contributed by atoms with Crippen LogP contribution >= 0.6 is 0 Å². The molecular formula is C7H12N2O2. The van der Waals surface area contributed by atoms with Crippen LogP contribution in [0.15, 0.2) is 4.99 Å². The summed E-state index contributed by atoms with van der Waals surface area (Å²) in [5.74, 6) is 0.567. The fraction of sp³-hybridized carbons (Fsp3) is 0.714. The molecular weight excluding hydrogens is 144 g/mol. The van der Waals surface area contributed by atoms with E-state index in [0.717, 1.165) is 0 Å². The fourth-order valence-corrected chi connectivity index (χ4v) is 0.996. The summed E-state index contributed by atoms with van der Waals surface area (Å²) in [5.41, 5.74) is 0. The summed E-state index contributed by atoms with van der Waals surface area (Å²) in [4.78, 5) is 15.1. The number of hydrogen-bond donors (Lipinski definition) is 1. The molecule has 1 N–H and O–H groups in total. The second kappa shape index (κ2) is 3.37. The molecule has 0 bridgehead atoms. The molecule has 0 saturated heterocycles. The third-order valence-electron chi connectivity index (χ3n) is 1.59. The summed E-state index contributed by atoms with van der Waals surface area (Å²) in [6.07, 6.45) is 0.678. The summed E-state index contributed by atoms with van der Waals surface area (Å²) in [6.45, 7) is 2.35. The van der Waals surface area contributed by atoms with Gasteiger partial charge in [0.15, 0.2) is 5.90 Å². The van der Waals surface area contributed by atoms with E-state index in [-0.39, 0.29) is 11.9 Å². The van der Waals surface area contributed by atoms with E-state index in [0.29, 0.717) is 18.9 Å². The van der Waals surface area contributed by atoms with Gasteiger partial charge >= 0.3 is 0 Å². The second-order valence-electron chi connectivity index (χ2n) is 2.42. The molecule has 0 saturated carbocycles. The lowest BCUT2D eigenvalue weighted by Gasteiger charge is -2.17. The highest BCUT2D eigenvalue weighted by molar-refractivity contribution is 5.85. The van der Waals surface area contributed by atoms with Gasteiger partial charge in [-0.05, 0) is 0 Å². The summed E-state index contributed by atoms with van der Waals surface area (Å²) in [7, 11) is 1.61. The quantitative estimate of drug-likeness (QED) is 0.578. The van der Waals surface area contributed by atoms with Crippen LogP contribution < -0.4 is 5.32 Å². The van der Waals surface area contributed by atoms with Gasteiger partial charge in [0.2, 0.25) is 5.91 Å². The Morgan fingerprint density at radius 3 is 3.09 bits per heavy atom. The molecule has 4 heteroatoms. The molecule has 0 aromatic carbocycles. The van der Waals surface area contributed by atoms with Crippen molar-refractivity contribution in [3.05, 3.63) is 0 Å². The standard InChI is InChI=1S/C7H12N2O2/c1-5-9-6(3-4-11-5)7(10)8-2/h6H,3-4H2,1-2H3,(H,8,10). The lowest BCUT2D eigenvalue weighted by Crippen LogP contribution is -2.34. The number of aliphatic imine (C=N–C) groups is 1. The predicted octanol–water partition coefficient (Wildman–Crippen LogP) is -0.0603. The number of hydrogen-bond acceptors (Lipinski definition) is 3. The van der Waals surface area contributed by atoms with Crippen molar-refractivity contribution >= 4 is 11.8 Å². The van der Waals surface area contributed by atoms with Crippen molar-refractivity contribution < 1.29 is 9.53 Å². The normalized spacial score (nSPS) is 23.5. The Morgan fingerprint density at radius 1 is 1.82 bits per heavy atom. The smallest absolute Gasteiger partial charge is 0.244 e. The van der Waals surface area contributed by atoms with Crippen molar-refractivity contribution in [3.63, 3.8) is 0 Å². The minimum absolute atomic E-state index is 0.0346. The predicted molar refractivity (Wildman–Crippen MR) is 41.5 cm³/mol. The van der Waals surface area contributed by atoms with Gasteiger partial charge in [0.25, 0.3) is 0 Å². The summed E-state index contributed by atoms with van der Waals surface area (Å²) in [6, 6.07) is -0.242. The number of likely N-dealkylation sites (N-methyl/N-ethyl adjacent to an activating group) is 1. The van der Waals surface area contributed by atoms with Crippen LogP contribution in [0.2, 0.25) is 0 Å². The van der Waals surface area contributed by atoms with Gasteiger partial charge in [-0.2, -0.15) is 0 Å². The van der Waals surface area contributed by atoms with Gasteiger partial charge in [0, 0.05) is 20.4 Å². The maximum absolute atomic E-state index is 11.0. The molecule has 1 amide bonds. The number of rotatable bonds is 1. The summed E-state index contributed by atoms with van der Waals surface area (Å²) >= 11 is 0. The highest BCUT2D eigenvalue weighted by atomic mass is 16.5. The largest absolute Gasteiger partial charge is 0.481 e. The van der Waals surface area contributed by atoms with Crippen LogP contribution in [0.4, 0.5) is 0 Å². The molecule has 0 aliphatic carbocycles. The maximum atomic E-state index is 11.0. The van der Waals surface area contributed by atoms with E-state index in [1.165, 1.54) is 0 Å². The summed E-state index contributed by atoms with van der Waals surface area (Å²) in [5, 5.41) is 2.55.